The van der Waals surface area contributed by atoms with E-state index in [0.717, 1.165) is 21.4 Å². The molecule has 0 atom stereocenters. The zero-order valence-corrected chi connectivity index (χ0v) is 16.5. The monoisotopic (exact) mass is 415 g/mol. The fourth-order valence-corrected chi connectivity index (χ4v) is 4.43. The summed E-state index contributed by atoms with van der Waals surface area (Å²) in [4.78, 5) is 1.14. The molecule has 1 saturated carbocycles. The average molecular weight is 416 g/mol. The van der Waals surface area contributed by atoms with Crippen LogP contribution in [0, 0.1) is 0 Å². The summed E-state index contributed by atoms with van der Waals surface area (Å²) in [6.07, 6.45) is 2.34. The molecular weight excluding hydrogens is 402 g/mol. The predicted octanol–water partition coefficient (Wildman–Crippen LogP) is 5.34. The van der Waals surface area contributed by atoms with Crippen molar-refractivity contribution in [3.05, 3.63) is 52.7 Å². The topological polar surface area (TPSA) is 69.6 Å². The highest BCUT2D eigenvalue weighted by Crippen LogP contribution is 2.42. The molecule has 1 aliphatic rings. The number of hydrogen-bond acceptors (Lipinski definition) is 7. The van der Waals surface area contributed by atoms with Crippen LogP contribution in [0.15, 0.2) is 51.4 Å². The minimum atomic E-state index is 0.491. The summed E-state index contributed by atoms with van der Waals surface area (Å²) < 4.78 is 8.03. The van der Waals surface area contributed by atoms with Gasteiger partial charge in [-0.2, -0.15) is 0 Å². The summed E-state index contributed by atoms with van der Waals surface area (Å²) in [6.45, 7) is 0. The van der Waals surface area contributed by atoms with Crippen LogP contribution in [0.1, 0.15) is 24.8 Å². The number of hydrogen-bond donors (Lipinski definition) is 0. The van der Waals surface area contributed by atoms with Crippen molar-refractivity contribution in [3.8, 4) is 22.2 Å². The second kappa shape index (κ2) is 7.10. The van der Waals surface area contributed by atoms with Crippen LogP contribution < -0.4 is 0 Å². The van der Waals surface area contributed by atoms with Gasteiger partial charge in [-0.05, 0) is 48.6 Å². The molecule has 4 aromatic rings. The number of thioether (sulfide) groups is 1. The van der Waals surface area contributed by atoms with Crippen molar-refractivity contribution in [2.45, 2.75) is 29.8 Å². The average Bonchev–Trinajstić information content (AvgIpc) is 3.10. The molecule has 1 aromatic carbocycles. The molecule has 1 fully saturated rings. The first-order valence-corrected chi connectivity index (χ1v) is 10.7. The van der Waals surface area contributed by atoms with Gasteiger partial charge >= 0.3 is 0 Å². The van der Waals surface area contributed by atoms with Gasteiger partial charge in [0.05, 0.1) is 10.6 Å². The van der Waals surface area contributed by atoms with Crippen molar-refractivity contribution < 1.29 is 4.42 Å². The normalized spacial score (nSPS) is 14.0. The van der Waals surface area contributed by atoms with Gasteiger partial charge in [0.15, 0.2) is 11.0 Å². The SMILES string of the molecule is Clc1ccc(-c2nnc(CSc3nnc(-c4cccs4)n3C3CC3)o2)cc1. The van der Waals surface area contributed by atoms with Crippen molar-refractivity contribution in [1.29, 1.82) is 0 Å². The number of halogens is 1. The molecule has 0 radical (unpaired) electrons. The highest BCUT2D eigenvalue weighted by atomic mass is 35.5. The van der Waals surface area contributed by atoms with Crippen LogP contribution in [0.2, 0.25) is 5.02 Å². The molecular formula is C18H14ClN5OS2. The van der Waals surface area contributed by atoms with Crippen molar-refractivity contribution >= 4 is 34.7 Å². The van der Waals surface area contributed by atoms with Crippen LogP contribution in [-0.4, -0.2) is 25.0 Å². The molecule has 6 nitrogen and oxygen atoms in total. The van der Waals surface area contributed by atoms with Gasteiger partial charge in [0, 0.05) is 16.6 Å². The Hall–Kier alpha value is -2.16. The van der Waals surface area contributed by atoms with E-state index in [-0.39, 0.29) is 0 Å². The molecule has 0 unspecified atom stereocenters. The van der Waals surface area contributed by atoms with Crippen LogP contribution in [0.4, 0.5) is 0 Å². The van der Waals surface area contributed by atoms with Gasteiger partial charge in [0.2, 0.25) is 11.8 Å². The van der Waals surface area contributed by atoms with Crippen LogP contribution in [0.25, 0.3) is 22.2 Å². The third-order valence-electron chi connectivity index (χ3n) is 4.20. The highest BCUT2D eigenvalue weighted by molar-refractivity contribution is 7.98. The second-order valence-electron chi connectivity index (χ2n) is 6.18. The molecule has 3 aromatic heterocycles. The lowest BCUT2D eigenvalue weighted by atomic mass is 10.2. The van der Waals surface area contributed by atoms with E-state index in [1.807, 2.05) is 18.2 Å². The molecule has 0 spiro atoms. The molecule has 136 valence electrons. The number of aromatic nitrogens is 5. The summed E-state index contributed by atoms with van der Waals surface area (Å²) in [5.74, 6) is 2.55. The number of benzene rings is 1. The maximum Gasteiger partial charge on any atom is 0.247 e. The number of nitrogens with zero attached hydrogens (tertiary/aromatic N) is 5. The van der Waals surface area contributed by atoms with Crippen molar-refractivity contribution in [1.82, 2.24) is 25.0 Å². The van der Waals surface area contributed by atoms with E-state index in [1.165, 1.54) is 12.8 Å². The highest BCUT2D eigenvalue weighted by Gasteiger charge is 2.30. The summed E-state index contributed by atoms with van der Waals surface area (Å²) in [7, 11) is 0. The van der Waals surface area contributed by atoms with Gasteiger partial charge in [-0.1, -0.05) is 29.4 Å². The molecule has 1 aliphatic carbocycles. The Morgan fingerprint density at radius 1 is 1.11 bits per heavy atom. The standard InChI is InChI=1S/C18H14ClN5OS2/c19-12-5-3-11(4-6-12)17-22-20-15(25-17)10-27-18-23-21-16(14-2-1-9-26-14)24(18)13-7-8-13/h1-6,9,13H,7-8,10H2. The van der Waals surface area contributed by atoms with E-state index in [0.29, 0.717) is 28.6 Å². The minimum absolute atomic E-state index is 0.491. The van der Waals surface area contributed by atoms with E-state index in [4.69, 9.17) is 16.0 Å². The van der Waals surface area contributed by atoms with E-state index < -0.39 is 0 Å². The Bertz CT molecular complexity index is 1050. The van der Waals surface area contributed by atoms with E-state index >= 15 is 0 Å². The first-order chi connectivity index (χ1) is 13.3. The van der Waals surface area contributed by atoms with Gasteiger partial charge in [0.25, 0.3) is 0 Å². The predicted molar refractivity (Wildman–Crippen MR) is 106 cm³/mol. The fraction of sp³-hybridized carbons (Fsp3) is 0.222. The van der Waals surface area contributed by atoms with Crippen molar-refractivity contribution in [2.24, 2.45) is 0 Å². The van der Waals surface area contributed by atoms with Gasteiger partial charge < -0.3 is 4.42 Å². The molecule has 0 saturated heterocycles. The molecule has 3 heterocycles. The van der Waals surface area contributed by atoms with E-state index in [9.17, 15) is 0 Å². The Morgan fingerprint density at radius 2 is 1.96 bits per heavy atom. The zero-order valence-electron chi connectivity index (χ0n) is 14.1. The summed E-state index contributed by atoms with van der Waals surface area (Å²) in [5, 5.41) is 20.7. The molecule has 0 bridgehead atoms. The molecule has 27 heavy (non-hydrogen) atoms. The number of rotatable bonds is 6. The molecule has 0 aliphatic heterocycles. The van der Waals surface area contributed by atoms with Crippen LogP contribution in [-0.2, 0) is 5.75 Å². The maximum atomic E-state index is 5.92. The van der Waals surface area contributed by atoms with Gasteiger partial charge in [-0.15, -0.1) is 31.7 Å². The van der Waals surface area contributed by atoms with Crippen LogP contribution in [0.5, 0.6) is 0 Å². The largest absolute Gasteiger partial charge is 0.420 e. The molecule has 0 amide bonds. The molecule has 0 N–H and O–H groups in total. The smallest absolute Gasteiger partial charge is 0.247 e. The zero-order chi connectivity index (χ0) is 18.2. The first-order valence-electron chi connectivity index (χ1n) is 8.48. The Morgan fingerprint density at radius 3 is 2.70 bits per heavy atom. The molecule has 5 rings (SSSR count). The van der Waals surface area contributed by atoms with Gasteiger partial charge in [0.1, 0.15) is 0 Å². The Labute approximate surface area is 168 Å². The lowest BCUT2D eigenvalue weighted by Gasteiger charge is -2.06. The minimum Gasteiger partial charge on any atom is -0.420 e. The summed E-state index contributed by atoms with van der Waals surface area (Å²) >= 11 is 9.18. The van der Waals surface area contributed by atoms with Gasteiger partial charge in [-0.3, -0.25) is 4.57 Å². The fourth-order valence-electron chi connectivity index (χ4n) is 2.76. The lowest BCUT2D eigenvalue weighted by molar-refractivity contribution is 0.528. The van der Waals surface area contributed by atoms with Crippen LogP contribution >= 0.6 is 34.7 Å². The maximum absolute atomic E-state index is 5.92. The van der Waals surface area contributed by atoms with E-state index in [1.54, 1.807) is 35.2 Å². The Kier molecular flexibility index (Phi) is 4.47. The third kappa shape index (κ3) is 3.52. The third-order valence-corrected chi connectivity index (χ3v) is 6.25. The Balaban J connectivity index is 1.34. The quantitative estimate of drug-likeness (QED) is 0.396. The van der Waals surface area contributed by atoms with Crippen LogP contribution in [0.3, 0.4) is 0 Å². The number of thiophene rings is 1. The van der Waals surface area contributed by atoms with E-state index in [2.05, 4.69) is 36.4 Å². The van der Waals surface area contributed by atoms with Crippen molar-refractivity contribution in [2.75, 3.05) is 0 Å². The van der Waals surface area contributed by atoms with Gasteiger partial charge in [-0.25, -0.2) is 0 Å². The lowest BCUT2D eigenvalue weighted by Crippen LogP contribution is -1.99. The molecule has 9 heteroatoms. The summed E-state index contributed by atoms with van der Waals surface area (Å²) in [6, 6.07) is 12.0. The first kappa shape index (κ1) is 17.0. The van der Waals surface area contributed by atoms with Crippen molar-refractivity contribution in [3.63, 3.8) is 0 Å². The summed E-state index contributed by atoms with van der Waals surface area (Å²) in [5.41, 5.74) is 0.851. The second-order valence-corrected chi connectivity index (χ2v) is 8.51.